The monoisotopic (exact) mass is 279 g/mol. The van der Waals surface area contributed by atoms with Gasteiger partial charge >= 0.3 is 0 Å². The van der Waals surface area contributed by atoms with Gasteiger partial charge in [-0.2, -0.15) is 0 Å². The molecular formula is C14H21N3O3. The summed E-state index contributed by atoms with van der Waals surface area (Å²) in [6.45, 7) is 5.21. The van der Waals surface area contributed by atoms with Gasteiger partial charge in [0.05, 0.1) is 17.6 Å². The molecule has 1 aliphatic rings. The highest BCUT2D eigenvalue weighted by molar-refractivity contribution is 5.58. The molecule has 0 amide bonds. The summed E-state index contributed by atoms with van der Waals surface area (Å²) in [4.78, 5) is 12.8. The third-order valence-electron chi connectivity index (χ3n) is 3.54. The second-order valence-electron chi connectivity index (χ2n) is 5.03. The van der Waals surface area contributed by atoms with Crippen molar-refractivity contribution in [3.8, 4) is 5.75 Å². The fourth-order valence-electron chi connectivity index (χ4n) is 2.63. The first-order valence-electron chi connectivity index (χ1n) is 6.96. The molecule has 0 aromatic heterocycles. The number of nitrogens with one attached hydrogen (secondary N) is 1. The predicted molar refractivity (Wildman–Crippen MR) is 78.5 cm³/mol. The SMILES string of the molecule is CCOc1cc(N2CCC(CNC)C2)cc([N+](=O)[O-])c1. The lowest BCUT2D eigenvalue weighted by atomic mass is 10.1. The Labute approximate surface area is 118 Å². The van der Waals surface area contributed by atoms with E-state index in [0.29, 0.717) is 18.3 Å². The third-order valence-corrected chi connectivity index (χ3v) is 3.54. The van der Waals surface area contributed by atoms with Crippen molar-refractivity contribution in [3.63, 3.8) is 0 Å². The van der Waals surface area contributed by atoms with Crippen molar-refractivity contribution in [1.82, 2.24) is 5.32 Å². The van der Waals surface area contributed by atoms with Crippen molar-refractivity contribution in [3.05, 3.63) is 28.3 Å². The average molecular weight is 279 g/mol. The van der Waals surface area contributed by atoms with Crippen molar-refractivity contribution in [2.45, 2.75) is 13.3 Å². The number of nitro groups is 1. The van der Waals surface area contributed by atoms with Gasteiger partial charge in [0.1, 0.15) is 5.75 Å². The standard InChI is InChI=1S/C14H21N3O3/c1-3-20-14-7-12(6-13(8-14)17(18)19)16-5-4-11(10-16)9-15-2/h6-8,11,15H,3-5,9-10H2,1-2H3. The van der Waals surface area contributed by atoms with Crippen molar-refractivity contribution in [2.24, 2.45) is 5.92 Å². The van der Waals surface area contributed by atoms with Crippen LogP contribution in [0.1, 0.15) is 13.3 Å². The molecule has 1 saturated heterocycles. The molecule has 0 aliphatic carbocycles. The molecule has 1 unspecified atom stereocenters. The van der Waals surface area contributed by atoms with Crippen LogP contribution in [-0.2, 0) is 0 Å². The number of benzene rings is 1. The number of hydrogen-bond acceptors (Lipinski definition) is 5. The molecule has 1 N–H and O–H groups in total. The van der Waals surface area contributed by atoms with E-state index in [9.17, 15) is 10.1 Å². The van der Waals surface area contributed by atoms with E-state index in [1.165, 1.54) is 6.07 Å². The first-order valence-corrected chi connectivity index (χ1v) is 6.96. The third kappa shape index (κ3) is 3.39. The zero-order valence-electron chi connectivity index (χ0n) is 12.0. The molecule has 0 radical (unpaired) electrons. The van der Waals surface area contributed by atoms with Crippen LogP contribution < -0.4 is 15.0 Å². The maximum absolute atomic E-state index is 11.0. The summed E-state index contributed by atoms with van der Waals surface area (Å²) in [6.07, 6.45) is 1.10. The second kappa shape index (κ2) is 6.56. The van der Waals surface area contributed by atoms with E-state index in [1.807, 2.05) is 20.0 Å². The second-order valence-corrected chi connectivity index (χ2v) is 5.03. The zero-order valence-corrected chi connectivity index (χ0v) is 12.0. The van der Waals surface area contributed by atoms with E-state index < -0.39 is 0 Å². The first-order chi connectivity index (χ1) is 9.63. The average Bonchev–Trinajstić information content (AvgIpc) is 2.88. The van der Waals surface area contributed by atoms with Gasteiger partial charge in [-0.15, -0.1) is 0 Å². The zero-order chi connectivity index (χ0) is 14.5. The fourth-order valence-corrected chi connectivity index (χ4v) is 2.63. The molecule has 1 heterocycles. The van der Waals surface area contributed by atoms with Crippen molar-refractivity contribution < 1.29 is 9.66 Å². The summed E-state index contributed by atoms with van der Waals surface area (Å²) in [7, 11) is 1.95. The lowest BCUT2D eigenvalue weighted by Gasteiger charge is -2.19. The minimum absolute atomic E-state index is 0.0861. The van der Waals surface area contributed by atoms with E-state index >= 15 is 0 Å². The number of ether oxygens (including phenoxy) is 1. The highest BCUT2D eigenvalue weighted by Crippen LogP contribution is 2.31. The number of non-ortho nitro benzene ring substituents is 1. The van der Waals surface area contributed by atoms with Crippen LogP contribution >= 0.6 is 0 Å². The Bertz CT molecular complexity index is 479. The first kappa shape index (κ1) is 14.6. The summed E-state index contributed by atoms with van der Waals surface area (Å²) in [5, 5.41) is 14.2. The van der Waals surface area contributed by atoms with Gasteiger partial charge in [0, 0.05) is 30.9 Å². The topological polar surface area (TPSA) is 67.6 Å². The molecule has 1 aromatic rings. The normalized spacial score (nSPS) is 18.3. The van der Waals surface area contributed by atoms with Crippen LogP contribution in [0.15, 0.2) is 18.2 Å². The van der Waals surface area contributed by atoms with Crippen molar-refractivity contribution >= 4 is 11.4 Å². The van der Waals surface area contributed by atoms with Crippen molar-refractivity contribution in [2.75, 3.05) is 38.2 Å². The van der Waals surface area contributed by atoms with Gasteiger partial charge in [-0.25, -0.2) is 0 Å². The van der Waals surface area contributed by atoms with E-state index in [1.54, 1.807) is 6.07 Å². The summed E-state index contributed by atoms with van der Waals surface area (Å²) < 4.78 is 5.43. The van der Waals surface area contributed by atoms with Crippen LogP contribution in [0.3, 0.4) is 0 Å². The molecule has 0 bridgehead atoms. The summed E-state index contributed by atoms with van der Waals surface area (Å²) in [5.41, 5.74) is 0.962. The molecule has 0 spiro atoms. The fraction of sp³-hybridized carbons (Fsp3) is 0.571. The Kier molecular flexibility index (Phi) is 4.79. The van der Waals surface area contributed by atoms with E-state index in [0.717, 1.165) is 31.7 Å². The minimum Gasteiger partial charge on any atom is -0.494 e. The lowest BCUT2D eigenvalue weighted by molar-refractivity contribution is -0.384. The van der Waals surface area contributed by atoms with Gasteiger partial charge in [0.2, 0.25) is 0 Å². The summed E-state index contributed by atoms with van der Waals surface area (Å²) >= 11 is 0. The van der Waals surface area contributed by atoms with Crippen LogP contribution in [0.25, 0.3) is 0 Å². The van der Waals surface area contributed by atoms with Gasteiger partial charge in [-0.1, -0.05) is 0 Å². The van der Waals surface area contributed by atoms with Crippen molar-refractivity contribution in [1.29, 1.82) is 0 Å². The molecule has 6 nitrogen and oxygen atoms in total. The molecule has 1 aliphatic heterocycles. The highest BCUT2D eigenvalue weighted by Gasteiger charge is 2.24. The molecular weight excluding hydrogens is 258 g/mol. The van der Waals surface area contributed by atoms with Gasteiger partial charge < -0.3 is 15.0 Å². The maximum atomic E-state index is 11.0. The Hall–Kier alpha value is -1.82. The lowest BCUT2D eigenvalue weighted by Crippen LogP contribution is -2.24. The number of nitro benzene ring substituents is 1. The van der Waals surface area contributed by atoms with Gasteiger partial charge in [0.25, 0.3) is 5.69 Å². The molecule has 6 heteroatoms. The summed E-state index contributed by atoms with van der Waals surface area (Å²) in [5.74, 6) is 1.16. The van der Waals surface area contributed by atoms with Crippen LogP contribution in [0.2, 0.25) is 0 Å². The Morgan fingerprint density at radius 3 is 2.95 bits per heavy atom. The largest absolute Gasteiger partial charge is 0.494 e. The van der Waals surface area contributed by atoms with E-state index in [4.69, 9.17) is 4.74 Å². The summed E-state index contributed by atoms with van der Waals surface area (Å²) in [6, 6.07) is 5.00. The van der Waals surface area contributed by atoms with Gasteiger partial charge in [0.15, 0.2) is 0 Å². The van der Waals surface area contributed by atoms with E-state index in [2.05, 4.69) is 10.2 Å². The van der Waals surface area contributed by atoms with Crippen LogP contribution in [0.5, 0.6) is 5.75 Å². The quantitative estimate of drug-likeness (QED) is 0.637. The number of rotatable bonds is 6. The number of hydrogen-bond donors (Lipinski definition) is 1. The van der Waals surface area contributed by atoms with Gasteiger partial charge in [-0.3, -0.25) is 10.1 Å². The molecule has 1 atom stereocenters. The van der Waals surface area contributed by atoms with Crippen LogP contribution in [0, 0.1) is 16.0 Å². The van der Waals surface area contributed by atoms with E-state index in [-0.39, 0.29) is 10.6 Å². The molecule has 110 valence electrons. The highest BCUT2D eigenvalue weighted by atomic mass is 16.6. The number of anilines is 1. The molecule has 0 saturated carbocycles. The van der Waals surface area contributed by atoms with Crippen LogP contribution in [-0.4, -0.2) is 38.2 Å². The molecule has 1 fully saturated rings. The maximum Gasteiger partial charge on any atom is 0.275 e. The molecule has 2 rings (SSSR count). The molecule has 1 aromatic carbocycles. The van der Waals surface area contributed by atoms with Gasteiger partial charge in [-0.05, 0) is 32.9 Å². The molecule has 20 heavy (non-hydrogen) atoms. The Balaban J connectivity index is 2.20. The minimum atomic E-state index is -0.368. The predicted octanol–water partition coefficient (Wildman–Crippen LogP) is 2.04. The van der Waals surface area contributed by atoms with Crippen LogP contribution in [0.4, 0.5) is 11.4 Å². The Morgan fingerprint density at radius 2 is 2.30 bits per heavy atom. The smallest absolute Gasteiger partial charge is 0.275 e. The Morgan fingerprint density at radius 1 is 1.50 bits per heavy atom. The number of nitrogens with zero attached hydrogens (tertiary/aromatic N) is 2.